The summed E-state index contributed by atoms with van der Waals surface area (Å²) in [5, 5.41) is 0. The maximum Gasteiger partial charge on any atom is 0.338 e. The van der Waals surface area contributed by atoms with E-state index in [0.29, 0.717) is 29.9 Å². The average molecular weight is 731 g/mol. The zero-order chi connectivity index (χ0) is 37.9. The Kier molecular flexibility index (Phi) is 9.87. The average Bonchev–Trinajstić information content (AvgIpc) is 3.74. The van der Waals surface area contributed by atoms with Gasteiger partial charge in [0.05, 0.1) is 47.4 Å². The molecule has 3 heterocycles. The van der Waals surface area contributed by atoms with Crippen molar-refractivity contribution in [3.05, 3.63) is 173 Å². The van der Waals surface area contributed by atoms with E-state index in [-0.39, 0.29) is 26.0 Å². The second-order valence-corrected chi connectivity index (χ2v) is 13.6. The lowest BCUT2D eigenvalue weighted by Gasteiger charge is -2.43. The summed E-state index contributed by atoms with van der Waals surface area (Å²) < 4.78 is 15.4. The standard InChI is InChI=1S/C45H42N6O4/c1-4-55-44(52)42-31(2)48(29-49-38-21-13-11-19-36(38)46-40(49)27-32-15-7-5-8-16-32)45(53)51(43(42)34-23-25-35(54-3)26-24-34)30-50-39-22-14-12-20-37(39)47-41(50)28-33-17-9-6-10-18-33/h5-26,43H,4,27-30H2,1-3H3. The normalized spacial score (nSPS) is 14.6. The first-order valence-corrected chi connectivity index (χ1v) is 18.5. The SMILES string of the molecule is CCOC(=O)C1=C(C)N(Cn2c(Cc3ccccc3)nc3ccccc32)C(=O)N(Cn2c(Cc3ccccc3)nc3ccccc32)C1c1ccc(OC)cc1. The molecule has 0 fully saturated rings. The molecular weight excluding hydrogens is 689 g/mol. The van der Waals surface area contributed by atoms with Crippen molar-refractivity contribution in [1.82, 2.24) is 28.9 Å². The minimum atomic E-state index is -0.775. The van der Waals surface area contributed by atoms with Gasteiger partial charge in [-0.2, -0.15) is 0 Å². The highest BCUT2D eigenvalue weighted by atomic mass is 16.5. The molecule has 1 atom stereocenters. The van der Waals surface area contributed by atoms with Crippen LogP contribution in [0.2, 0.25) is 0 Å². The van der Waals surface area contributed by atoms with Gasteiger partial charge in [-0.15, -0.1) is 0 Å². The predicted molar refractivity (Wildman–Crippen MR) is 212 cm³/mol. The number of aromatic nitrogens is 4. The van der Waals surface area contributed by atoms with Gasteiger partial charge in [-0.05, 0) is 66.9 Å². The minimum Gasteiger partial charge on any atom is -0.497 e. The molecule has 0 saturated carbocycles. The highest BCUT2D eigenvalue weighted by Crippen LogP contribution is 2.40. The fourth-order valence-electron chi connectivity index (χ4n) is 7.50. The molecule has 10 nitrogen and oxygen atoms in total. The Bertz CT molecular complexity index is 2510. The zero-order valence-electron chi connectivity index (χ0n) is 31.1. The third-order valence-electron chi connectivity index (χ3n) is 10.2. The molecule has 276 valence electrons. The van der Waals surface area contributed by atoms with E-state index in [0.717, 1.165) is 50.4 Å². The first kappa shape index (κ1) is 35.4. The first-order valence-electron chi connectivity index (χ1n) is 18.5. The molecule has 5 aromatic carbocycles. The van der Waals surface area contributed by atoms with Crippen LogP contribution in [0, 0.1) is 0 Å². The van der Waals surface area contributed by atoms with Crippen LogP contribution in [0.4, 0.5) is 4.79 Å². The molecule has 1 aliphatic heterocycles. The molecule has 10 heteroatoms. The molecule has 8 rings (SSSR count). The first-order chi connectivity index (χ1) is 26.9. The minimum absolute atomic E-state index is 0.118. The van der Waals surface area contributed by atoms with Crippen molar-refractivity contribution >= 4 is 34.1 Å². The van der Waals surface area contributed by atoms with Crippen molar-refractivity contribution in [3.8, 4) is 5.75 Å². The Balaban J connectivity index is 1.29. The van der Waals surface area contributed by atoms with Crippen LogP contribution in [-0.2, 0) is 35.7 Å². The maximum atomic E-state index is 15.4. The summed E-state index contributed by atoms with van der Waals surface area (Å²) in [5.74, 6) is 1.79. The Morgan fingerprint density at radius 2 is 1.18 bits per heavy atom. The number of fused-ring (bicyclic) bond motifs is 2. The number of urea groups is 1. The van der Waals surface area contributed by atoms with Gasteiger partial charge in [0.1, 0.15) is 30.7 Å². The van der Waals surface area contributed by atoms with Crippen molar-refractivity contribution in [2.24, 2.45) is 0 Å². The van der Waals surface area contributed by atoms with Gasteiger partial charge in [0.25, 0.3) is 0 Å². The number of imidazole rings is 2. The van der Waals surface area contributed by atoms with Crippen LogP contribution in [0.5, 0.6) is 5.75 Å². The fraction of sp³-hybridized carbons (Fsp3) is 0.200. The molecule has 7 aromatic rings. The number of hydrogen-bond donors (Lipinski definition) is 0. The van der Waals surface area contributed by atoms with Crippen molar-refractivity contribution in [2.45, 2.75) is 46.1 Å². The number of nitrogens with zero attached hydrogens (tertiary/aromatic N) is 6. The summed E-state index contributed by atoms with van der Waals surface area (Å²) >= 11 is 0. The van der Waals surface area contributed by atoms with E-state index in [2.05, 4.69) is 33.4 Å². The Labute approximate surface area is 319 Å². The molecule has 0 saturated heterocycles. The highest BCUT2D eigenvalue weighted by Gasteiger charge is 2.43. The molecule has 2 aromatic heterocycles. The molecule has 0 radical (unpaired) electrons. The Hall–Kier alpha value is -6.68. The second-order valence-electron chi connectivity index (χ2n) is 13.6. The van der Waals surface area contributed by atoms with Gasteiger partial charge in [-0.1, -0.05) is 97.1 Å². The number of amides is 2. The smallest absolute Gasteiger partial charge is 0.338 e. The van der Waals surface area contributed by atoms with Crippen LogP contribution in [0.15, 0.2) is 145 Å². The molecule has 0 N–H and O–H groups in total. The number of carbonyl (C=O) groups is 2. The largest absolute Gasteiger partial charge is 0.497 e. The Morgan fingerprint density at radius 1 is 0.673 bits per heavy atom. The van der Waals surface area contributed by atoms with Gasteiger partial charge in [-0.25, -0.2) is 19.6 Å². The number of para-hydroxylation sites is 4. The third-order valence-corrected chi connectivity index (χ3v) is 10.2. The molecule has 2 amide bonds. The van der Waals surface area contributed by atoms with Gasteiger partial charge in [-0.3, -0.25) is 9.80 Å². The molecular formula is C45H42N6O4. The lowest BCUT2D eigenvalue weighted by atomic mass is 9.93. The monoisotopic (exact) mass is 730 g/mol. The van der Waals surface area contributed by atoms with E-state index in [1.165, 1.54) is 0 Å². The molecule has 55 heavy (non-hydrogen) atoms. The molecule has 0 spiro atoms. The number of rotatable bonds is 12. The quantitative estimate of drug-likeness (QED) is 0.117. The number of allylic oxidation sites excluding steroid dienone is 1. The lowest BCUT2D eigenvalue weighted by Crippen LogP contribution is -2.51. The Morgan fingerprint density at radius 3 is 1.71 bits per heavy atom. The van der Waals surface area contributed by atoms with Crippen LogP contribution in [0.25, 0.3) is 22.1 Å². The van der Waals surface area contributed by atoms with E-state index >= 15 is 4.79 Å². The number of benzene rings is 5. The summed E-state index contributed by atoms with van der Waals surface area (Å²) in [6.07, 6.45) is 1.12. The number of methoxy groups -OCH3 is 1. The van der Waals surface area contributed by atoms with Gasteiger partial charge in [0, 0.05) is 18.5 Å². The third kappa shape index (κ3) is 6.94. The highest BCUT2D eigenvalue weighted by molar-refractivity contribution is 5.95. The van der Waals surface area contributed by atoms with Gasteiger partial charge < -0.3 is 18.6 Å². The van der Waals surface area contributed by atoms with Gasteiger partial charge in [0.2, 0.25) is 0 Å². The number of carbonyl (C=O) groups excluding carboxylic acids is 2. The van der Waals surface area contributed by atoms with Crippen molar-refractivity contribution in [3.63, 3.8) is 0 Å². The zero-order valence-corrected chi connectivity index (χ0v) is 31.1. The number of ether oxygens (including phenoxy) is 2. The molecule has 1 unspecified atom stereocenters. The van der Waals surface area contributed by atoms with E-state index in [1.54, 1.807) is 23.8 Å². The fourth-order valence-corrected chi connectivity index (χ4v) is 7.50. The van der Waals surface area contributed by atoms with Crippen LogP contribution in [-0.4, -0.2) is 54.6 Å². The van der Waals surface area contributed by atoms with Crippen LogP contribution >= 0.6 is 0 Å². The summed E-state index contributed by atoms with van der Waals surface area (Å²) in [6, 6.07) is 42.7. The number of esters is 1. The van der Waals surface area contributed by atoms with Gasteiger partial charge in [0.15, 0.2) is 0 Å². The topological polar surface area (TPSA) is 94.7 Å². The van der Waals surface area contributed by atoms with Crippen LogP contribution < -0.4 is 4.74 Å². The molecule has 1 aliphatic rings. The van der Waals surface area contributed by atoms with Crippen molar-refractivity contribution < 1.29 is 19.1 Å². The van der Waals surface area contributed by atoms with E-state index in [4.69, 9.17) is 19.4 Å². The maximum absolute atomic E-state index is 15.4. The van der Waals surface area contributed by atoms with Crippen molar-refractivity contribution in [1.29, 1.82) is 0 Å². The number of hydrogen-bond acceptors (Lipinski definition) is 6. The van der Waals surface area contributed by atoms with Crippen LogP contribution in [0.3, 0.4) is 0 Å². The van der Waals surface area contributed by atoms with E-state index in [1.807, 2.05) is 116 Å². The summed E-state index contributed by atoms with van der Waals surface area (Å²) in [6.45, 7) is 4.05. The summed E-state index contributed by atoms with van der Waals surface area (Å²) in [7, 11) is 1.61. The van der Waals surface area contributed by atoms with Crippen molar-refractivity contribution in [2.75, 3.05) is 13.7 Å². The van der Waals surface area contributed by atoms with Crippen LogP contribution in [0.1, 0.15) is 48.2 Å². The summed E-state index contributed by atoms with van der Waals surface area (Å²) in [4.78, 5) is 43.2. The van der Waals surface area contributed by atoms with Gasteiger partial charge >= 0.3 is 12.0 Å². The van der Waals surface area contributed by atoms with E-state index < -0.39 is 12.0 Å². The molecule has 0 bridgehead atoms. The summed E-state index contributed by atoms with van der Waals surface area (Å²) in [5.41, 5.74) is 7.27. The lowest BCUT2D eigenvalue weighted by molar-refractivity contribution is -0.139. The second kappa shape index (κ2) is 15.4. The predicted octanol–water partition coefficient (Wildman–Crippen LogP) is 8.51. The van der Waals surface area contributed by atoms with E-state index in [9.17, 15) is 4.79 Å². The molecule has 0 aliphatic carbocycles.